The van der Waals surface area contributed by atoms with Crippen molar-refractivity contribution in [2.45, 2.75) is 37.4 Å². The van der Waals surface area contributed by atoms with E-state index in [0.29, 0.717) is 29.9 Å². The first-order chi connectivity index (χ1) is 16.2. The predicted octanol–water partition coefficient (Wildman–Crippen LogP) is 4.41. The fourth-order valence-corrected chi connectivity index (χ4v) is 4.28. The Bertz CT molecular complexity index is 1280. The fraction of sp³-hybridized carbons (Fsp3) is 0.320. The van der Waals surface area contributed by atoms with Gasteiger partial charge in [-0.25, -0.2) is 13.4 Å². The second kappa shape index (κ2) is 9.90. The molecule has 2 N–H and O–H groups in total. The van der Waals surface area contributed by atoms with Gasteiger partial charge in [-0.05, 0) is 56.7 Å². The van der Waals surface area contributed by atoms with Gasteiger partial charge in [-0.3, -0.25) is 0 Å². The number of ether oxygens (including phenoxy) is 3. The van der Waals surface area contributed by atoms with E-state index in [1.807, 2.05) is 31.2 Å². The SMILES string of the molecule is COC[C@H](C)Oc1cc(Oc2ccc(S(C)(=O)=O)nc2)cc(-c2ccc(C3=CC[C@H](C)N3)[nH]2)c1. The van der Waals surface area contributed by atoms with Gasteiger partial charge in [-0.15, -0.1) is 0 Å². The number of rotatable bonds is 9. The van der Waals surface area contributed by atoms with Gasteiger partial charge in [-0.2, -0.15) is 0 Å². The van der Waals surface area contributed by atoms with Gasteiger partial charge in [0.2, 0.25) is 0 Å². The maximum absolute atomic E-state index is 11.7. The second-order valence-corrected chi connectivity index (χ2v) is 10.4. The lowest BCUT2D eigenvalue weighted by molar-refractivity contribution is 0.0920. The van der Waals surface area contributed by atoms with E-state index in [1.54, 1.807) is 19.2 Å². The molecule has 8 nitrogen and oxygen atoms in total. The number of nitrogens with zero attached hydrogens (tertiary/aromatic N) is 1. The second-order valence-electron chi connectivity index (χ2n) is 8.47. The molecule has 0 radical (unpaired) electrons. The third-order valence-corrected chi connectivity index (χ3v) is 6.31. The van der Waals surface area contributed by atoms with Crippen LogP contribution in [0.25, 0.3) is 17.0 Å². The monoisotopic (exact) mass is 483 g/mol. The summed E-state index contributed by atoms with van der Waals surface area (Å²) < 4.78 is 40.6. The van der Waals surface area contributed by atoms with Crippen LogP contribution in [0.15, 0.2) is 59.8 Å². The highest BCUT2D eigenvalue weighted by Crippen LogP contribution is 2.33. The third-order valence-electron chi connectivity index (χ3n) is 5.31. The molecule has 3 heterocycles. The average Bonchev–Trinajstić information content (AvgIpc) is 3.43. The van der Waals surface area contributed by atoms with Crippen molar-refractivity contribution in [2.24, 2.45) is 0 Å². The lowest BCUT2D eigenvalue weighted by atomic mass is 10.1. The first-order valence-corrected chi connectivity index (χ1v) is 12.9. The van der Waals surface area contributed by atoms with Crippen molar-refractivity contribution in [3.05, 3.63) is 60.4 Å². The Labute approximate surface area is 199 Å². The van der Waals surface area contributed by atoms with Gasteiger partial charge in [0.05, 0.1) is 24.2 Å². The minimum Gasteiger partial charge on any atom is -0.488 e. The summed E-state index contributed by atoms with van der Waals surface area (Å²) in [6.07, 6.45) is 5.54. The van der Waals surface area contributed by atoms with Gasteiger partial charge in [0.1, 0.15) is 23.4 Å². The standard InChI is InChI=1S/C25H29N3O5S/c1-16-5-7-23(27-16)24-9-8-22(28-24)18-11-20(32-17(2)15-31-3)13-21(12-18)33-19-6-10-25(26-14-19)34(4,29)30/h6-14,16-17,27-28H,5,15H2,1-4H3/t16-,17-/m0/s1. The summed E-state index contributed by atoms with van der Waals surface area (Å²) in [7, 11) is -1.75. The topological polar surface area (TPSA) is 103 Å². The Morgan fingerprint density at radius 1 is 1.09 bits per heavy atom. The number of methoxy groups -OCH3 is 1. The normalized spacial score (nSPS) is 16.6. The highest BCUT2D eigenvalue weighted by molar-refractivity contribution is 7.90. The van der Waals surface area contributed by atoms with Crippen molar-refractivity contribution in [1.29, 1.82) is 0 Å². The smallest absolute Gasteiger partial charge is 0.192 e. The van der Waals surface area contributed by atoms with Gasteiger partial charge in [-0.1, -0.05) is 6.08 Å². The summed E-state index contributed by atoms with van der Waals surface area (Å²) >= 11 is 0. The molecule has 1 aliphatic heterocycles. The molecule has 4 rings (SSSR count). The van der Waals surface area contributed by atoms with E-state index in [0.717, 1.165) is 35.3 Å². The molecular weight excluding hydrogens is 454 g/mol. The van der Waals surface area contributed by atoms with Crippen LogP contribution in [0.1, 0.15) is 26.0 Å². The van der Waals surface area contributed by atoms with E-state index in [9.17, 15) is 8.42 Å². The number of sulfone groups is 1. The number of hydrogen-bond donors (Lipinski definition) is 2. The van der Waals surface area contributed by atoms with Gasteiger partial charge in [0, 0.05) is 36.7 Å². The molecule has 0 aliphatic carbocycles. The molecule has 2 atom stereocenters. The summed E-state index contributed by atoms with van der Waals surface area (Å²) in [5, 5.41) is 3.46. The molecular formula is C25H29N3O5S. The molecule has 0 unspecified atom stereocenters. The molecule has 0 saturated carbocycles. The molecule has 1 aliphatic rings. The molecule has 0 saturated heterocycles. The lowest BCUT2D eigenvalue weighted by Gasteiger charge is -2.16. The average molecular weight is 484 g/mol. The highest BCUT2D eigenvalue weighted by Gasteiger charge is 2.16. The maximum atomic E-state index is 11.7. The minimum absolute atomic E-state index is 0.00549. The Morgan fingerprint density at radius 2 is 1.85 bits per heavy atom. The molecule has 0 spiro atoms. The molecule has 2 aromatic heterocycles. The van der Waals surface area contributed by atoms with Crippen molar-refractivity contribution in [3.8, 4) is 28.5 Å². The van der Waals surface area contributed by atoms with Gasteiger partial charge < -0.3 is 24.5 Å². The summed E-state index contributed by atoms with van der Waals surface area (Å²) in [5.74, 6) is 1.58. The van der Waals surface area contributed by atoms with Crippen molar-refractivity contribution < 1.29 is 22.6 Å². The van der Waals surface area contributed by atoms with Gasteiger partial charge in [0.15, 0.2) is 14.9 Å². The van der Waals surface area contributed by atoms with Gasteiger partial charge in [0.25, 0.3) is 0 Å². The number of aromatic amines is 1. The van der Waals surface area contributed by atoms with Crippen LogP contribution >= 0.6 is 0 Å². The van der Waals surface area contributed by atoms with Crippen LogP contribution in [-0.2, 0) is 14.6 Å². The van der Waals surface area contributed by atoms with Crippen LogP contribution < -0.4 is 14.8 Å². The number of nitrogens with one attached hydrogen (secondary N) is 2. The Kier molecular flexibility index (Phi) is 6.95. The minimum atomic E-state index is -3.38. The highest BCUT2D eigenvalue weighted by atomic mass is 32.2. The van der Waals surface area contributed by atoms with E-state index < -0.39 is 9.84 Å². The van der Waals surface area contributed by atoms with Crippen LogP contribution in [0.2, 0.25) is 0 Å². The Hall–Kier alpha value is -3.30. The molecule has 34 heavy (non-hydrogen) atoms. The zero-order valence-corrected chi connectivity index (χ0v) is 20.5. The fourth-order valence-electron chi connectivity index (χ4n) is 3.72. The number of hydrogen-bond acceptors (Lipinski definition) is 7. The number of pyridine rings is 1. The summed E-state index contributed by atoms with van der Waals surface area (Å²) in [5.41, 5.74) is 3.91. The zero-order valence-electron chi connectivity index (χ0n) is 19.7. The molecule has 180 valence electrons. The van der Waals surface area contributed by atoms with Crippen molar-refractivity contribution >= 4 is 15.5 Å². The predicted molar refractivity (Wildman–Crippen MR) is 131 cm³/mol. The largest absolute Gasteiger partial charge is 0.488 e. The molecule has 0 bridgehead atoms. The first-order valence-electron chi connectivity index (χ1n) is 11.0. The van der Waals surface area contributed by atoms with Crippen LogP contribution in [0.3, 0.4) is 0 Å². The summed E-state index contributed by atoms with van der Waals surface area (Å²) in [6.45, 7) is 4.52. The molecule has 3 aromatic rings. The first kappa shape index (κ1) is 23.8. The maximum Gasteiger partial charge on any atom is 0.192 e. The summed E-state index contributed by atoms with van der Waals surface area (Å²) in [4.78, 5) is 7.46. The van der Waals surface area contributed by atoms with E-state index in [2.05, 4.69) is 28.3 Å². The number of benzene rings is 1. The van der Waals surface area contributed by atoms with Crippen molar-refractivity contribution in [3.63, 3.8) is 0 Å². The van der Waals surface area contributed by atoms with Crippen LogP contribution in [-0.4, -0.2) is 50.5 Å². The number of aromatic nitrogens is 2. The summed E-state index contributed by atoms with van der Waals surface area (Å²) in [6, 6.07) is 13.1. The van der Waals surface area contributed by atoms with Crippen molar-refractivity contribution in [2.75, 3.05) is 20.0 Å². The van der Waals surface area contributed by atoms with Crippen LogP contribution in [0.4, 0.5) is 0 Å². The number of H-pyrrole nitrogens is 1. The molecule has 0 fully saturated rings. The third kappa shape index (κ3) is 5.78. The van der Waals surface area contributed by atoms with Crippen molar-refractivity contribution in [1.82, 2.24) is 15.3 Å². The molecule has 9 heteroatoms. The zero-order chi connectivity index (χ0) is 24.3. The quantitative estimate of drug-likeness (QED) is 0.465. The Balaban J connectivity index is 1.64. The Morgan fingerprint density at radius 3 is 2.50 bits per heavy atom. The van der Waals surface area contributed by atoms with E-state index in [4.69, 9.17) is 14.2 Å². The molecule has 1 aromatic carbocycles. The van der Waals surface area contributed by atoms with Crippen LogP contribution in [0, 0.1) is 0 Å². The van der Waals surface area contributed by atoms with E-state index in [1.165, 1.54) is 12.3 Å². The molecule has 0 amide bonds. The van der Waals surface area contributed by atoms with Gasteiger partial charge >= 0.3 is 0 Å². The van der Waals surface area contributed by atoms with E-state index in [-0.39, 0.29) is 11.1 Å². The van der Waals surface area contributed by atoms with Crippen LogP contribution in [0.5, 0.6) is 17.2 Å². The lowest BCUT2D eigenvalue weighted by Crippen LogP contribution is -2.18. The van der Waals surface area contributed by atoms with E-state index >= 15 is 0 Å².